The van der Waals surface area contributed by atoms with Crippen molar-refractivity contribution in [1.82, 2.24) is 29.5 Å². The number of fused-ring (bicyclic) bond motifs is 3. The molecule has 2 fully saturated rings. The Labute approximate surface area is 225 Å². The molecule has 39 heavy (non-hydrogen) atoms. The molecule has 4 heterocycles. The van der Waals surface area contributed by atoms with Gasteiger partial charge >= 0.3 is 0 Å². The van der Waals surface area contributed by atoms with E-state index in [1.54, 1.807) is 6.07 Å². The van der Waals surface area contributed by atoms with Crippen LogP contribution in [-0.2, 0) is 19.5 Å². The molecule has 1 aliphatic heterocycles. The third-order valence-electron chi connectivity index (χ3n) is 6.63. The molecule has 12 nitrogen and oxygen atoms in total. The highest BCUT2D eigenvalue weighted by molar-refractivity contribution is 7.89. The maximum Gasteiger partial charge on any atom is 0.291 e. The Bertz CT molecular complexity index is 1710. The third-order valence-corrected chi connectivity index (χ3v) is 9.08. The van der Waals surface area contributed by atoms with Gasteiger partial charge in [0.2, 0.25) is 15.2 Å². The van der Waals surface area contributed by atoms with Gasteiger partial charge in [-0.3, -0.25) is 4.57 Å². The van der Waals surface area contributed by atoms with Crippen LogP contribution in [0.3, 0.4) is 0 Å². The van der Waals surface area contributed by atoms with Crippen molar-refractivity contribution in [2.45, 2.75) is 35.8 Å². The first-order valence-electron chi connectivity index (χ1n) is 12.0. The maximum atomic E-state index is 13.4. The van der Waals surface area contributed by atoms with Gasteiger partial charge in [0.05, 0.1) is 47.8 Å². The van der Waals surface area contributed by atoms with E-state index in [9.17, 15) is 22.5 Å². The van der Waals surface area contributed by atoms with Crippen LogP contribution in [0.4, 0.5) is 14.6 Å². The predicted octanol–water partition coefficient (Wildman–Crippen LogP) is 2.55. The Balaban J connectivity index is 1.52. The zero-order valence-corrected chi connectivity index (χ0v) is 22.2. The number of rotatable bonds is 8. The van der Waals surface area contributed by atoms with Gasteiger partial charge in [0, 0.05) is 19.0 Å². The first-order valence-corrected chi connectivity index (χ1v) is 14.3. The largest absolute Gasteiger partial charge is 0.376 e. The fourth-order valence-corrected chi connectivity index (χ4v) is 6.68. The fourth-order valence-electron chi connectivity index (χ4n) is 4.57. The van der Waals surface area contributed by atoms with Gasteiger partial charge in [0.15, 0.2) is 10.7 Å². The molecular weight excluding hydrogens is 554 g/mol. The van der Waals surface area contributed by atoms with Crippen molar-refractivity contribution in [3.63, 3.8) is 0 Å². The minimum Gasteiger partial charge on any atom is -0.376 e. The number of nitriles is 1. The molecule has 6 rings (SSSR count). The van der Waals surface area contributed by atoms with E-state index in [0.29, 0.717) is 78.3 Å². The number of alkyl halides is 2. The van der Waals surface area contributed by atoms with Crippen LogP contribution in [0, 0.1) is 11.3 Å². The van der Waals surface area contributed by atoms with E-state index in [0.717, 1.165) is 0 Å². The van der Waals surface area contributed by atoms with Crippen molar-refractivity contribution < 1.29 is 26.7 Å². The Hall–Kier alpha value is -3.36. The molecule has 1 aromatic carbocycles. The van der Waals surface area contributed by atoms with E-state index in [2.05, 4.69) is 24.9 Å². The Morgan fingerprint density at radius 1 is 1.31 bits per heavy atom. The number of nitrogens with one attached hydrogen (secondary N) is 1. The SMILES string of the molecule is CN(CC1COCCO1)c1ncnc2c1c1ccc(S(=O)(=O)NC3(C#N)CC3)cc1n2-c1nnc(C(F)F)s1. The Kier molecular flexibility index (Phi) is 6.43. The second-order valence-corrected chi connectivity index (χ2v) is 12.1. The number of nitrogens with zero attached hydrogens (tertiary/aromatic N) is 7. The van der Waals surface area contributed by atoms with E-state index >= 15 is 0 Å². The molecule has 1 N–H and O–H groups in total. The average Bonchev–Trinajstić information content (AvgIpc) is 3.37. The summed E-state index contributed by atoms with van der Waals surface area (Å²) in [4.78, 5) is 10.7. The number of anilines is 1. The first kappa shape index (κ1) is 25.9. The van der Waals surface area contributed by atoms with Crippen LogP contribution in [0.2, 0.25) is 0 Å². The molecule has 0 spiro atoms. The highest BCUT2D eigenvalue weighted by atomic mass is 32.2. The standard InChI is InChI=1S/C23H22F2N8O4S2/c1-32(9-13-10-36-6-7-37-13)19-17-15-3-2-14(39(34,35)31-23(11-26)4-5-23)8-16(15)33(20(17)28-12-27-19)22-30-29-21(38-22)18(24)25/h2-3,8,12-13,18,31H,4-7,9-10H2,1H3. The number of halogens is 2. The van der Waals surface area contributed by atoms with Crippen LogP contribution in [0.25, 0.3) is 27.1 Å². The summed E-state index contributed by atoms with van der Waals surface area (Å²) in [6, 6.07) is 6.48. The number of sulfonamides is 1. The molecule has 1 aliphatic carbocycles. The fraction of sp³-hybridized carbons (Fsp3) is 0.435. The number of hydrogen-bond acceptors (Lipinski definition) is 11. The summed E-state index contributed by atoms with van der Waals surface area (Å²) in [5.74, 6) is 0.534. The average molecular weight is 577 g/mol. The van der Waals surface area contributed by atoms with Gasteiger partial charge in [-0.2, -0.15) is 9.98 Å². The predicted molar refractivity (Wildman–Crippen MR) is 137 cm³/mol. The van der Waals surface area contributed by atoms with E-state index in [-0.39, 0.29) is 16.1 Å². The second-order valence-electron chi connectivity index (χ2n) is 9.38. The number of likely N-dealkylation sites (N-methyl/N-ethyl adjacent to an activating group) is 1. The monoisotopic (exact) mass is 576 g/mol. The topological polar surface area (TPSA) is 148 Å². The van der Waals surface area contributed by atoms with Crippen molar-refractivity contribution in [3.8, 4) is 11.2 Å². The number of aromatic nitrogens is 5. The molecule has 0 bridgehead atoms. The normalized spacial score (nSPS) is 19.0. The molecule has 1 saturated carbocycles. The summed E-state index contributed by atoms with van der Waals surface area (Å²) >= 11 is 0.680. The lowest BCUT2D eigenvalue weighted by Gasteiger charge is -2.28. The molecule has 1 unspecified atom stereocenters. The van der Waals surface area contributed by atoms with Crippen molar-refractivity contribution in [2.24, 2.45) is 0 Å². The lowest BCUT2D eigenvalue weighted by molar-refractivity contribution is -0.0837. The molecule has 0 amide bonds. The highest BCUT2D eigenvalue weighted by Gasteiger charge is 2.46. The van der Waals surface area contributed by atoms with Crippen LogP contribution in [0.5, 0.6) is 0 Å². The van der Waals surface area contributed by atoms with Gasteiger partial charge < -0.3 is 14.4 Å². The lowest BCUT2D eigenvalue weighted by atomic mass is 10.2. The molecular formula is C23H22F2N8O4S2. The van der Waals surface area contributed by atoms with E-state index < -0.39 is 27.0 Å². The van der Waals surface area contributed by atoms with E-state index in [1.807, 2.05) is 18.0 Å². The minimum absolute atomic E-state index is 0.0882. The van der Waals surface area contributed by atoms with Gasteiger partial charge in [0.25, 0.3) is 6.43 Å². The Morgan fingerprint density at radius 3 is 2.79 bits per heavy atom. The molecule has 3 aromatic heterocycles. The number of ether oxygens (including phenoxy) is 2. The molecule has 2 aliphatic rings. The highest BCUT2D eigenvalue weighted by Crippen LogP contribution is 2.39. The summed E-state index contributed by atoms with van der Waals surface area (Å²) in [6.45, 7) is 1.90. The van der Waals surface area contributed by atoms with Crippen LogP contribution in [0.15, 0.2) is 29.4 Å². The molecule has 0 radical (unpaired) electrons. The van der Waals surface area contributed by atoms with Crippen LogP contribution >= 0.6 is 11.3 Å². The number of hydrogen-bond donors (Lipinski definition) is 1. The van der Waals surface area contributed by atoms with E-state index in [4.69, 9.17) is 9.47 Å². The minimum atomic E-state index is -4.06. The first-order chi connectivity index (χ1) is 18.7. The molecule has 1 atom stereocenters. The van der Waals surface area contributed by atoms with Crippen molar-refractivity contribution >= 4 is 49.1 Å². The summed E-state index contributed by atoms with van der Waals surface area (Å²) in [5, 5.41) is 17.7. The van der Waals surface area contributed by atoms with Crippen LogP contribution in [-0.4, -0.2) is 78.2 Å². The second kappa shape index (κ2) is 9.68. The summed E-state index contributed by atoms with van der Waals surface area (Å²) in [5.41, 5.74) is -0.408. The zero-order chi connectivity index (χ0) is 27.4. The van der Waals surface area contributed by atoms with Crippen molar-refractivity contribution in [1.29, 1.82) is 5.26 Å². The molecule has 16 heteroatoms. The van der Waals surface area contributed by atoms with Crippen LogP contribution in [0.1, 0.15) is 24.3 Å². The lowest BCUT2D eigenvalue weighted by Crippen LogP contribution is -2.38. The van der Waals surface area contributed by atoms with Gasteiger partial charge in [-0.1, -0.05) is 17.4 Å². The zero-order valence-electron chi connectivity index (χ0n) is 20.5. The summed E-state index contributed by atoms with van der Waals surface area (Å²) in [7, 11) is -2.23. The molecule has 1 saturated heterocycles. The van der Waals surface area contributed by atoms with Crippen molar-refractivity contribution in [3.05, 3.63) is 29.5 Å². The van der Waals surface area contributed by atoms with Gasteiger partial charge in [0.1, 0.15) is 17.7 Å². The molecule has 204 valence electrons. The van der Waals surface area contributed by atoms with E-state index in [1.165, 1.54) is 23.0 Å². The summed E-state index contributed by atoms with van der Waals surface area (Å²) in [6.07, 6.45) is -0.809. The number of benzene rings is 1. The van der Waals surface area contributed by atoms with Gasteiger partial charge in [-0.05, 0) is 25.0 Å². The van der Waals surface area contributed by atoms with Crippen molar-refractivity contribution in [2.75, 3.05) is 38.3 Å². The molecule has 4 aromatic rings. The van der Waals surface area contributed by atoms with Gasteiger partial charge in [-0.25, -0.2) is 27.2 Å². The smallest absolute Gasteiger partial charge is 0.291 e. The maximum absolute atomic E-state index is 13.4. The Morgan fingerprint density at radius 2 is 2.13 bits per heavy atom. The quantitative estimate of drug-likeness (QED) is 0.332. The van der Waals surface area contributed by atoms with Crippen LogP contribution < -0.4 is 9.62 Å². The summed E-state index contributed by atoms with van der Waals surface area (Å²) < 4.78 is 68.4. The third kappa shape index (κ3) is 4.70. The van der Waals surface area contributed by atoms with Gasteiger partial charge in [-0.15, -0.1) is 10.2 Å².